The molecule has 3 rings (SSSR count). The maximum atomic E-state index is 5.96. The number of fused-ring (bicyclic) bond motifs is 1. The Morgan fingerprint density at radius 3 is 3.00 bits per heavy atom. The minimum atomic E-state index is 0.496. The zero-order valence-electron chi connectivity index (χ0n) is 8.39. The van der Waals surface area contributed by atoms with E-state index in [4.69, 9.17) is 11.6 Å². The first-order valence-electron chi connectivity index (χ1n) is 5.34. The lowest BCUT2D eigenvalue weighted by Crippen LogP contribution is -2.12. The third kappa shape index (κ3) is 1.64. The van der Waals surface area contributed by atoms with Gasteiger partial charge in [0.1, 0.15) is 0 Å². The number of hydrogen-bond donors (Lipinski definition) is 2. The van der Waals surface area contributed by atoms with Gasteiger partial charge in [-0.3, -0.25) is 0 Å². The molecule has 1 fully saturated rings. The van der Waals surface area contributed by atoms with Gasteiger partial charge in [0.15, 0.2) is 0 Å². The average Bonchev–Trinajstić information content (AvgIpc) is 2.84. The Morgan fingerprint density at radius 2 is 2.20 bits per heavy atom. The molecule has 0 aliphatic carbocycles. The van der Waals surface area contributed by atoms with Crippen LogP contribution in [0, 0.1) is 0 Å². The normalized spacial score (nSPS) is 21.3. The second-order valence-corrected chi connectivity index (χ2v) is 4.54. The molecule has 2 aromatic rings. The van der Waals surface area contributed by atoms with Crippen LogP contribution in [0.5, 0.6) is 0 Å². The molecule has 0 saturated carbocycles. The van der Waals surface area contributed by atoms with E-state index >= 15 is 0 Å². The minimum absolute atomic E-state index is 0.496. The Hall–Kier alpha value is -0.990. The molecule has 2 nitrogen and oxygen atoms in total. The number of aromatic amines is 1. The van der Waals surface area contributed by atoms with Crippen molar-refractivity contribution in [3.8, 4) is 0 Å². The second kappa shape index (κ2) is 3.54. The van der Waals surface area contributed by atoms with Crippen LogP contribution in [-0.2, 0) is 0 Å². The predicted octanol–water partition coefficient (Wildman–Crippen LogP) is 3.25. The van der Waals surface area contributed by atoms with Crippen molar-refractivity contribution in [2.24, 2.45) is 0 Å². The first kappa shape index (κ1) is 9.25. The fraction of sp³-hybridized carbons (Fsp3) is 0.333. The molecule has 1 aliphatic rings. The van der Waals surface area contributed by atoms with Crippen LogP contribution in [0.25, 0.3) is 10.9 Å². The van der Waals surface area contributed by atoms with Crippen molar-refractivity contribution in [2.45, 2.75) is 18.9 Å². The van der Waals surface area contributed by atoms with E-state index in [1.54, 1.807) is 0 Å². The minimum Gasteiger partial charge on any atom is -0.357 e. The molecule has 2 heterocycles. The first-order chi connectivity index (χ1) is 7.33. The highest BCUT2D eigenvalue weighted by Gasteiger charge is 2.17. The summed E-state index contributed by atoms with van der Waals surface area (Å²) in [5.74, 6) is 0. The van der Waals surface area contributed by atoms with Crippen molar-refractivity contribution in [2.75, 3.05) is 6.54 Å². The van der Waals surface area contributed by atoms with Crippen LogP contribution in [0.15, 0.2) is 24.3 Å². The summed E-state index contributed by atoms with van der Waals surface area (Å²) in [6.45, 7) is 1.13. The Kier molecular flexibility index (Phi) is 2.19. The largest absolute Gasteiger partial charge is 0.357 e. The quantitative estimate of drug-likeness (QED) is 0.759. The smallest absolute Gasteiger partial charge is 0.0473 e. The van der Waals surface area contributed by atoms with E-state index in [2.05, 4.69) is 16.4 Å². The van der Waals surface area contributed by atoms with E-state index in [0.717, 1.165) is 11.6 Å². The number of halogens is 1. The molecule has 3 heteroatoms. The van der Waals surface area contributed by atoms with Crippen LogP contribution in [0.3, 0.4) is 0 Å². The topological polar surface area (TPSA) is 27.8 Å². The van der Waals surface area contributed by atoms with Crippen LogP contribution in [0.2, 0.25) is 5.02 Å². The van der Waals surface area contributed by atoms with E-state index in [1.165, 1.54) is 29.4 Å². The van der Waals surface area contributed by atoms with Gasteiger partial charge in [-0.25, -0.2) is 0 Å². The van der Waals surface area contributed by atoms with Crippen LogP contribution < -0.4 is 5.32 Å². The molecule has 78 valence electrons. The van der Waals surface area contributed by atoms with Crippen molar-refractivity contribution in [3.05, 3.63) is 35.0 Å². The van der Waals surface area contributed by atoms with Gasteiger partial charge in [-0.05, 0) is 43.7 Å². The summed E-state index contributed by atoms with van der Waals surface area (Å²) in [5, 5.41) is 5.48. The van der Waals surface area contributed by atoms with Crippen LogP contribution in [0.4, 0.5) is 0 Å². The van der Waals surface area contributed by atoms with E-state index in [-0.39, 0.29) is 0 Å². The van der Waals surface area contributed by atoms with Crippen molar-refractivity contribution < 1.29 is 0 Å². The van der Waals surface area contributed by atoms with Crippen molar-refractivity contribution >= 4 is 22.5 Å². The molecule has 1 unspecified atom stereocenters. The van der Waals surface area contributed by atoms with Gasteiger partial charge in [-0.1, -0.05) is 11.6 Å². The lowest BCUT2D eigenvalue weighted by Gasteiger charge is -2.06. The SMILES string of the molecule is Clc1ccc2[nH]c(C3CCCN3)cc2c1. The number of rotatable bonds is 1. The maximum Gasteiger partial charge on any atom is 0.0473 e. The molecular formula is C12H13ClN2. The van der Waals surface area contributed by atoms with Gasteiger partial charge >= 0.3 is 0 Å². The molecule has 15 heavy (non-hydrogen) atoms. The highest BCUT2D eigenvalue weighted by molar-refractivity contribution is 6.31. The van der Waals surface area contributed by atoms with E-state index in [0.29, 0.717) is 6.04 Å². The fourth-order valence-electron chi connectivity index (χ4n) is 2.26. The highest BCUT2D eigenvalue weighted by Crippen LogP contribution is 2.27. The summed E-state index contributed by atoms with van der Waals surface area (Å²) in [6.07, 6.45) is 2.49. The van der Waals surface area contributed by atoms with E-state index in [9.17, 15) is 0 Å². The summed E-state index contributed by atoms with van der Waals surface area (Å²) < 4.78 is 0. The number of aromatic nitrogens is 1. The molecular weight excluding hydrogens is 208 g/mol. The van der Waals surface area contributed by atoms with Crippen LogP contribution >= 0.6 is 11.6 Å². The van der Waals surface area contributed by atoms with Crippen molar-refractivity contribution in [3.63, 3.8) is 0 Å². The lowest BCUT2D eigenvalue weighted by molar-refractivity contribution is 0.633. The maximum absolute atomic E-state index is 5.96. The zero-order valence-corrected chi connectivity index (χ0v) is 9.14. The summed E-state index contributed by atoms with van der Waals surface area (Å²) in [6, 6.07) is 8.66. The van der Waals surface area contributed by atoms with Gasteiger partial charge in [0.05, 0.1) is 0 Å². The van der Waals surface area contributed by atoms with E-state index < -0.39 is 0 Å². The highest BCUT2D eigenvalue weighted by atomic mass is 35.5. The third-order valence-corrected chi connectivity index (χ3v) is 3.27. The number of nitrogens with one attached hydrogen (secondary N) is 2. The second-order valence-electron chi connectivity index (χ2n) is 4.11. The van der Waals surface area contributed by atoms with Crippen LogP contribution in [0.1, 0.15) is 24.6 Å². The summed E-state index contributed by atoms with van der Waals surface area (Å²) in [5.41, 5.74) is 2.45. The molecule has 1 aliphatic heterocycles. The monoisotopic (exact) mass is 220 g/mol. The Balaban J connectivity index is 2.05. The first-order valence-corrected chi connectivity index (χ1v) is 5.72. The Bertz CT molecular complexity index is 483. The molecule has 1 aromatic carbocycles. The molecule has 0 bridgehead atoms. The molecule has 0 spiro atoms. The summed E-state index contributed by atoms with van der Waals surface area (Å²) in [4.78, 5) is 3.44. The molecule has 0 amide bonds. The molecule has 1 aromatic heterocycles. The molecule has 2 N–H and O–H groups in total. The Morgan fingerprint density at radius 1 is 1.27 bits per heavy atom. The lowest BCUT2D eigenvalue weighted by atomic mass is 10.1. The number of H-pyrrole nitrogens is 1. The van der Waals surface area contributed by atoms with E-state index in [1.807, 2.05) is 18.2 Å². The zero-order chi connectivity index (χ0) is 10.3. The Labute approximate surface area is 93.6 Å². The van der Waals surface area contributed by atoms with Gasteiger partial charge < -0.3 is 10.3 Å². The molecule has 1 saturated heterocycles. The fourth-order valence-corrected chi connectivity index (χ4v) is 2.44. The van der Waals surface area contributed by atoms with Gasteiger partial charge in [0, 0.05) is 27.7 Å². The summed E-state index contributed by atoms with van der Waals surface area (Å²) >= 11 is 5.96. The average molecular weight is 221 g/mol. The number of hydrogen-bond acceptors (Lipinski definition) is 1. The van der Waals surface area contributed by atoms with Gasteiger partial charge in [0.2, 0.25) is 0 Å². The van der Waals surface area contributed by atoms with Gasteiger partial charge in [-0.15, -0.1) is 0 Å². The van der Waals surface area contributed by atoms with Gasteiger partial charge in [-0.2, -0.15) is 0 Å². The van der Waals surface area contributed by atoms with Crippen molar-refractivity contribution in [1.29, 1.82) is 0 Å². The summed E-state index contributed by atoms with van der Waals surface area (Å²) in [7, 11) is 0. The predicted molar refractivity (Wildman–Crippen MR) is 63.3 cm³/mol. The van der Waals surface area contributed by atoms with Gasteiger partial charge in [0.25, 0.3) is 0 Å². The van der Waals surface area contributed by atoms with Crippen LogP contribution in [-0.4, -0.2) is 11.5 Å². The number of benzene rings is 1. The third-order valence-electron chi connectivity index (χ3n) is 3.04. The molecule has 0 radical (unpaired) electrons. The standard InChI is InChI=1S/C12H13ClN2/c13-9-3-4-10-8(6-9)7-12(15-10)11-2-1-5-14-11/h3-4,6-7,11,14-15H,1-2,5H2. The van der Waals surface area contributed by atoms with Crippen molar-refractivity contribution in [1.82, 2.24) is 10.3 Å². The molecule has 1 atom stereocenters.